The van der Waals surface area contributed by atoms with E-state index in [4.69, 9.17) is 4.74 Å². The first-order valence-corrected chi connectivity index (χ1v) is 7.69. The van der Waals surface area contributed by atoms with E-state index in [9.17, 15) is 4.79 Å². The first kappa shape index (κ1) is 14.5. The maximum atomic E-state index is 12.8. The molecule has 2 rings (SSSR count). The van der Waals surface area contributed by atoms with Gasteiger partial charge in [-0.25, -0.2) is 0 Å². The van der Waals surface area contributed by atoms with Gasteiger partial charge in [0.05, 0.1) is 19.3 Å². The molecule has 0 bridgehead atoms. The minimum Gasteiger partial charge on any atom is -0.377 e. The summed E-state index contributed by atoms with van der Waals surface area (Å²) in [6.07, 6.45) is 0. The molecular formula is C15H20BrNO2. The van der Waals surface area contributed by atoms with Crippen molar-refractivity contribution >= 4 is 21.8 Å². The van der Waals surface area contributed by atoms with E-state index in [1.165, 1.54) is 5.56 Å². The fraction of sp³-hybridized carbons (Fsp3) is 0.533. The molecule has 0 aromatic heterocycles. The van der Waals surface area contributed by atoms with Crippen LogP contribution in [0.2, 0.25) is 0 Å². The van der Waals surface area contributed by atoms with Crippen molar-refractivity contribution in [1.29, 1.82) is 0 Å². The summed E-state index contributed by atoms with van der Waals surface area (Å²) >= 11 is 3.47. The fourth-order valence-corrected chi connectivity index (χ4v) is 3.25. The van der Waals surface area contributed by atoms with Gasteiger partial charge >= 0.3 is 0 Å². The van der Waals surface area contributed by atoms with E-state index in [-0.39, 0.29) is 11.9 Å². The first-order chi connectivity index (χ1) is 9.04. The Morgan fingerprint density at radius 2 is 2.00 bits per heavy atom. The highest BCUT2D eigenvalue weighted by Crippen LogP contribution is 2.21. The zero-order valence-corrected chi connectivity index (χ0v) is 13.3. The van der Waals surface area contributed by atoms with Gasteiger partial charge in [0, 0.05) is 17.4 Å². The van der Waals surface area contributed by atoms with Crippen LogP contribution >= 0.6 is 15.9 Å². The van der Waals surface area contributed by atoms with E-state index in [0.717, 1.165) is 22.0 Å². The molecule has 0 N–H and O–H groups in total. The Labute approximate surface area is 123 Å². The van der Waals surface area contributed by atoms with E-state index in [1.54, 1.807) is 0 Å². The first-order valence-electron chi connectivity index (χ1n) is 6.57. The van der Waals surface area contributed by atoms with Gasteiger partial charge in [-0.3, -0.25) is 4.79 Å². The Kier molecular flexibility index (Phi) is 4.63. The summed E-state index contributed by atoms with van der Waals surface area (Å²) in [7, 11) is 0. The highest BCUT2D eigenvalue weighted by atomic mass is 79.9. The number of ether oxygens (including phenoxy) is 1. The van der Waals surface area contributed by atoms with Crippen LogP contribution in [-0.2, 0) is 4.74 Å². The molecule has 1 unspecified atom stereocenters. The second-order valence-corrected chi connectivity index (χ2v) is 5.80. The topological polar surface area (TPSA) is 29.5 Å². The Morgan fingerprint density at radius 1 is 1.37 bits per heavy atom. The molecule has 1 aliphatic heterocycles. The predicted octanol–water partition coefficient (Wildman–Crippen LogP) is 2.85. The second kappa shape index (κ2) is 6.06. The maximum Gasteiger partial charge on any atom is 0.254 e. The Balaban J connectivity index is 2.33. The molecule has 0 spiro atoms. The van der Waals surface area contributed by atoms with Crippen LogP contribution in [0, 0.1) is 20.8 Å². The largest absolute Gasteiger partial charge is 0.377 e. The van der Waals surface area contributed by atoms with E-state index in [2.05, 4.69) is 35.0 Å². The number of hydrogen-bond donors (Lipinski definition) is 0. The van der Waals surface area contributed by atoms with E-state index < -0.39 is 0 Å². The summed E-state index contributed by atoms with van der Waals surface area (Å²) in [6, 6.07) is 4.27. The minimum absolute atomic E-state index is 0.126. The zero-order chi connectivity index (χ0) is 14.0. The lowest BCUT2D eigenvalue weighted by Gasteiger charge is -2.35. The standard InChI is InChI=1S/C15H20BrNO2/c1-10-6-11(2)14(12(3)7-10)15(18)17-4-5-19-9-13(17)8-16/h6-7,13H,4-5,8-9H2,1-3H3. The van der Waals surface area contributed by atoms with Crippen LogP contribution in [0.15, 0.2) is 12.1 Å². The molecule has 1 atom stereocenters. The molecule has 0 aliphatic carbocycles. The van der Waals surface area contributed by atoms with E-state index >= 15 is 0 Å². The van der Waals surface area contributed by atoms with Crippen LogP contribution in [0.4, 0.5) is 0 Å². The highest BCUT2D eigenvalue weighted by Gasteiger charge is 2.28. The number of rotatable bonds is 2. The summed E-state index contributed by atoms with van der Waals surface area (Å²) in [5.41, 5.74) is 4.16. The van der Waals surface area contributed by atoms with E-state index in [1.807, 2.05) is 18.7 Å². The number of aryl methyl sites for hydroxylation is 3. The summed E-state index contributed by atoms with van der Waals surface area (Å²) in [5, 5.41) is 0.753. The normalized spacial score (nSPS) is 19.6. The fourth-order valence-electron chi connectivity index (χ4n) is 2.71. The third-order valence-electron chi connectivity index (χ3n) is 3.56. The molecule has 1 amide bonds. The van der Waals surface area contributed by atoms with Crippen LogP contribution in [0.1, 0.15) is 27.0 Å². The van der Waals surface area contributed by atoms with Gasteiger partial charge in [0.1, 0.15) is 0 Å². The van der Waals surface area contributed by atoms with Gasteiger partial charge in [0.25, 0.3) is 5.91 Å². The van der Waals surface area contributed by atoms with Gasteiger partial charge in [0.15, 0.2) is 0 Å². The van der Waals surface area contributed by atoms with Gasteiger partial charge in [-0.2, -0.15) is 0 Å². The predicted molar refractivity (Wildman–Crippen MR) is 80.1 cm³/mol. The van der Waals surface area contributed by atoms with Crippen molar-refractivity contribution in [2.45, 2.75) is 26.8 Å². The molecule has 0 saturated carbocycles. The minimum atomic E-state index is 0.126. The Hall–Kier alpha value is -0.870. The maximum absolute atomic E-state index is 12.8. The average molecular weight is 326 g/mol. The molecule has 3 nitrogen and oxygen atoms in total. The van der Waals surface area contributed by atoms with Crippen LogP contribution < -0.4 is 0 Å². The van der Waals surface area contributed by atoms with Gasteiger partial charge in [-0.1, -0.05) is 33.6 Å². The summed E-state index contributed by atoms with van der Waals surface area (Å²) in [5.74, 6) is 0.128. The van der Waals surface area contributed by atoms with E-state index in [0.29, 0.717) is 19.8 Å². The molecule has 1 aromatic carbocycles. The number of hydrogen-bond acceptors (Lipinski definition) is 2. The highest BCUT2D eigenvalue weighted by molar-refractivity contribution is 9.09. The molecule has 1 aromatic rings. The van der Waals surface area contributed by atoms with Crippen molar-refractivity contribution in [2.24, 2.45) is 0 Å². The van der Waals surface area contributed by atoms with Crippen LogP contribution in [0.25, 0.3) is 0 Å². The van der Waals surface area contributed by atoms with Crippen molar-refractivity contribution < 1.29 is 9.53 Å². The summed E-state index contributed by atoms with van der Waals surface area (Å²) in [6.45, 7) is 7.99. The van der Waals surface area contributed by atoms with Gasteiger partial charge < -0.3 is 9.64 Å². The summed E-state index contributed by atoms with van der Waals surface area (Å²) in [4.78, 5) is 14.7. The van der Waals surface area contributed by atoms with Crippen molar-refractivity contribution in [2.75, 3.05) is 25.1 Å². The lowest BCUT2D eigenvalue weighted by Crippen LogP contribution is -2.49. The number of morpholine rings is 1. The molecule has 19 heavy (non-hydrogen) atoms. The third kappa shape index (κ3) is 3.00. The lowest BCUT2D eigenvalue weighted by molar-refractivity contribution is 0.00516. The number of amides is 1. The number of carbonyl (C=O) groups excluding carboxylic acids is 1. The van der Waals surface area contributed by atoms with Crippen molar-refractivity contribution in [3.05, 3.63) is 34.4 Å². The molecule has 104 valence electrons. The smallest absolute Gasteiger partial charge is 0.254 e. The molecule has 1 saturated heterocycles. The SMILES string of the molecule is Cc1cc(C)c(C(=O)N2CCOCC2CBr)c(C)c1. The Morgan fingerprint density at radius 3 is 2.58 bits per heavy atom. The number of benzene rings is 1. The lowest BCUT2D eigenvalue weighted by atomic mass is 9.98. The molecule has 1 heterocycles. The van der Waals surface area contributed by atoms with Crippen LogP contribution in [0.5, 0.6) is 0 Å². The quantitative estimate of drug-likeness (QED) is 0.782. The van der Waals surface area contributed by atoms with Crippen molar-refractivity contribution in [1.82, 2.24) is 4.90 Å². The number of alkyl halides is 1. The van der Waals surface area contributed by atoms with Crippen molar-refractivity contribution in [3.8, 4) is 0 Å². The zero-order valence-electron chi connectivity index (χ0n) is 11.7. The van der Waals surface area contributed by atoms with Crippen LogP contribution in [-0.4, -0.2) is 41.9 Å². The Bertz CT molecular complexity index is 464. The number of halogens is 1. The monoisotopic (exact) mass is 325 g/mol. The van der Waals surface area contributed by atoms with Gasteiger partial charge in [-0.05, 0) is 31.9 Å². The molecule has 1 fully saturated rings. The third-order valence-corrected chi connectivity index (χ3v) is 4.30. The average Bonchev–Trinajstić information content (AvgIpc) is 2.37. The van der Waals surface area contributed by atoms with Gasteiger partial charge in [-0.15, -0.1) is 0 Å². The van der Waals surface area contributed by atoms with Crippen molar-refractivity contribution in [3.63, 3.8) is 0 Å². The van der Waals surface area contributed by atoms with Gasteiger partial charge in [0.2, 0.25) is 0 Å². The molecule has 0 radical (unpaired) electrons. The van der Waals surface area contributed by atoms with Crippen LogP contribution in [0.3, 0.4) is 0 Å². The summed E-state index contributed by atoms with van der Waals surface area (Å²) < 4.78 is 5.44. The molecule has 1 aliphatic rings. The number of carbonyl (C=O) groups is 1. The second-order valence-electron chi connectivity index (χ2n) is 5.16. The molecular weight excluding hydrogens is 306 g/mol. The molecule has 4 heteroatoms. The number of nitrogens with zero attached hydrogens (tertiary/aromatic N) is 1.